The van der Waals surface area contributed by atoms with Crippen LogP contribution in [0, 0.1) is 5.92 Å². The van der Waals surface area contributed by atoms with Crippen LogP contribution in [0.5, 0.6) is 0 Å². The molecule has 1 N–H and O–H groups in total. The Bertz CT molecular complexity index is 695. The molecule has 6 nitrogen and oxygen atoms in total. The predicted molar refractivity (Wildman–Crippen MR) is 107 cm³/mol. The van der Waals surface area contributed by atoms with Crippen molar-refractivity contribution in [3.63, 3.8) is 0 Å². The van der Waals surface area contributed by atoms with Gasteiger partial charge >= 0.3 is 6.09 Å². The maximum absolute atomic E-state index is 13.2. The molecule has 1 unspecified atom stereocenters. The molecule has 0 spiro atoms. The second-order valence-electron chi connectivity index (χ2n) is 8.52. The number of amides is 2. The third-order valence-corrected chi connectivity index (χ3v) is 5.47. The molecule has 2 fully saturated rings. The summed E-state index contributed by atoms with van der Waals surface area (Å²) >= 11 is 6.04. The number of nitrogens with one attached hydrogen (secondary N) is 1. The highest BCUT2D eigenvalue weighted by Crippen LogP contribution is 2.41. The second-order valence-corrected chi connectivity index (χ2v) is 8.95. The Hall–Kier alpha value is -1.79. The molecule has 154 valence electrons. The fourth-order valence-electron chi connectivity index (χ4n) is 4.00. The van der Waals surface area contributed by atoms with Crippen molar-refractivity contribution < 1.29 is 19.1 Å². The summed E-state index contributed by atoms with van der Waals surface area (Å²) in [5, 5.41) is 3.62. The maximum Gasteiger partial charge on any atom is 0.407 e. The van der Waals surface area contributed by atoms with E-state index in [0.717, 1.165) is 5.56 Å². The average molecular weight is 409 g/mol. The topological polar surface area (TPSA) is 67.9 Å². The molecule has 0 aromatic heterocycles. The summed E-state index contributed by atoms with van der Waals surface area (Å²) in [4.78, 5) is 27.3. The van der Waals surface area contributed by atoms with E-state index in [1.54, 1.807) is 0 Å². The van der Waals surface area contributed by atoms with Crippen molar-refractivity contribution in [1.29, 1.82) is 0 Å². The molecule has 3 atom stereocenters. The molecule has 1 saturated carbocycles. The van der Waals surface area contributed by atoms with Gasteiger partial charge in [-0.2, -0.15) is 0 Å². The smallest absolute Gasteiger partial charge is 0.407 e. The lowest BCUT2D eigenvalue weighted by atomic mass is 9.88. The fraction of sp³-hybridized carbons (Fsp3) is 0.619. The first kappa shape index (κ1) is 20.9. The van der Waals surface area contributed by atoms with Crippen molar-refractivity contribution >= 4 is 23.6 Å². The molecule has 1 heterocycles. The minimum absolute atomic E-state index is 0.0348. The zero-order valence-corrected chi connectivity index (χ0v) is 17.5. The molecule has 1 aromatic rings. The largest absolute Gasteiger partial charge is 0.444 e. The highest BCUT2D eigenvalue weighted by atomic mass is 35.5. The van der Waals surface area contributed by atoms with E-state index < -0.39 is 11.7 Å². The molecule has 3 rings (SSSR count). The minimum Gasteiger partial charge on any atom is -0.444 e. The van der Waals surface area contributed by atoms with E-state index >= 15 is 0 Å². The molecular formula is C21H29ClN2O4. The summed E-state index contributed by atoms with van der Waals surface area (Å²) in [5.41, 5.74) is 0.519. The van der Waals surface area contributed by atoms with Crippen LogP contribution < -0.4 is 5.32 Å². The van der Waals surface area contributed by atoms with Gasteiger partial charge in [-0.3, -0.25) is 4.79 Å². The maximum atomic E-state index is 13.2. The summed E-state index contributed by atoms with van der Waals surface area (Å²) in [5.74, 6) is -0.0106. The Morgan fingerprint density at radius 1 is 1.14 bits per heavy atom. The molecule has 2 amide bonds. The third-order valence-electron chi connectivity index (χ3n) is 5.22. The van der Waals surface area contributed by atoms with Crippen molar-refractivity contribution in [2.45, 2.75) is 51.2 Å². The van der Waals surface area contributed by atoms with E-state index in [9.17, 15) is 9.59 Å². The van der Waals surface area contributed by atoms with Crippen molar-refractivity contribution in [2.75, 3.05) is 26.3 Å². The lowest BCUT2D eigenvalue weighted by Gasteiger charge is -2.31. The number of rotatable bonds is 3. The minimum atomic E-state index is -0.554. The number of ether oxygens (including phenoxy) is 2. The molecule has 0 radical (unpaired) electrons. The van der Waals surface area contributed by atoms with Gasteiger partial charge in [0.25, 0.3) is 0 Å². The number of alkyl carbamates (subject to hydrolysis) is 1. The van der Waals surface area contributed by atoms with Crippen LogP contribution in [-0.4, -0.2) is 54.8 Å². The molecular weight excluding hydrogens is 380 g/mol. The molecule has 1 saturated heterocycles. The average Bonchev–Trinajstić information content (AvgIpc) is 3.04. The first-order valence-corrected chi connectivity index (χ1v) is 10.2. The van der Waals surface area contributed by atoms with Crippen LogP contribution >= 0.6 is 11.6 Å². The van der Waals surface area contributed by atoms with E-state index in [-0.39, 0.29) is 23.8 Å². The van der Waals surface area contributed by atoms with Crippen LogP contribution in [0.25, 0.3) is 0 Å². The first-order chi connectivity index (χ1) is 13.2. The van der Waals surface area contributed by atoms with Gasteiger partial charge in [0, 0.05) is 30.1 Å². The zero-order valence-electron chi connectivity index (χ0n) is 16.7. The van der Waals surface area contributed by atoms with Gasteiger partial charge in [0.05, 0.1) is 13.2 Å². The van der Waals surface area contributed by atoms with Crippen LogP contribution in [0.1, 0.15) is 45.1 Å². The van der Waals surface area contributed by atoms with Gasteiger partial charge in [-0.25, -0.2) is 4.79 Å². The Kier molecular flexibility index (Phi) is 6.50. The molecule has 1 aliphatic carbocycles. The van der Waals surface area contributed by atoms with Gasteiger partial charge in [0.2, 0.25) is 5.91 Å². The number of carbonyl (C=O) groups is 2. The Labute approximate surface area is 171 Å². The van der Waals surface area contributed by atoms with Crippen LogP contribution in [0.3, 0.4) is 0 Å². The van der Waals surface area contributed by atoms with E-state index in [4.69, 9.17) is 21.1 Å². The van der Waals surface area contributed by atoms with Crippen LogP contribution in [0.15, 0.2) is 24.3 Å². The first-order valence-electron chi connectivity index (χ1n) is 9.84. The van der Waals surface area contributed by atoms with Crippen LogP contribution in [0.2, 0.25) is 5.02 Å². The Morgan fingerprint density at radius 3 is 2.39 bits per heavy atom. The van der Waals surface area contributed by atoms with Crippen molar-refractivity contribution in [3.8, 4) is 0 Å². The van der Waals surface area contributed by atoms with E-state index in [0.29, 0.717) is 44.2 Å². The summed E-state index contributed by atoms with van der Waals surface area (Å²) in [6.07, 6.45) is 0.858. The number of halogens is 1. The lowest BCUT2D eigenvalue weighted by Crippen LogP contribution is -2.44. The number of hydrogen-bond donors (Lipinski definition) is 1. The number of benzene rings is 1. The van der Waals surface area contributed by atoms with Gasteiger partial charge in [-0.05, 0) is 57.2 Å². The second kappa shape index (κ2) is 8.70. The summed E-state index contributed by atoms with van der Waals surface area (Å²) in [6.45, 7) is 7.89. The number of carbonyl (C=O) groups excluding carboxylic acids is 2. The molecule has 1 aromatic carbocycles. The zero-order chi connectivity index (χ0) is 20.3. The number of morpholine rings is 1. The molecule has 28 heavy (non-hydrogen) atoms. The van der Waals surface area contributed by atoms with Gasteiger partial charge in [0.1, 0.15) is 5.60 Å². The number of nitrogens with zero attached hydrogens (tertiary/aromatic N) is 1. The Morgan fingerprint density at radius 2 is 1.79 bits per heavy atom. The Balaban J connectivity index is 1.75. The highest BCUT2D eigenvalue weighted by Gasteiger charge is 2.42. The molecule has 2 aliphatic rings. The van der Waals surface area contributed by atoms with Crippen LogP contribution in [-0.2, 0) is 14.3 Å². The van der Waals surface area contributed by atoms with Crippen molar-refractivity contribution in [2.24, 2.45) is 5.92 Å². The predicted octanol–water partition coefficient (Wildman–Crippen LogP) is 3.59. The standard InChI is InChI=1S/C21H29ClN2O4/c1-21(2,3)28-20(26)23-16-12-17(14-4-6-15(22)7-5-14)18(13-16)19(25)24-8-10-27-11-9-24/h4-7,16-18H,8-13H2,1-3H3,(H,23,26)/t16-,17+,18?/m1/s1. The normalized spacial score (nSPS) is 25.4. The fourth-order valence-corrected chi connectivity index (χ4v) is 4.13. The summed E-state index contributed by atoms with van der Waals surface area (Å²) in [6, 6.07) is 7.54. The van der Waals surface area contributed by atoms with Crippen molar-refractivity contribution in [1.82, 2.24) is 10.2 Å². The number of hydrogen-bond acceptors (Lipinski definition) is 4. The molecule has 1 aliphatic heterocycles. The third kappa shape index (κ3) is 5.39. The van der Waals surface area contributed by atoms with E-state index in [2.05, 4.69) is 5.32 Å². The van der Waals surface area contributed by atoms with Gasteiger partial charge < -0.3 is 19.7 Å². The highest BCUT2D eigenvalue weighted by molar-refractivity contribution is 6.30. The summed E-state index contributed by atoms with van der Waals surface area (Å²) in [7, 11) is 0. The van der Waals surface area contributed by atoms with E-state index in [1.807, 2.05) is 49.9 Å². The van der Waals surface area contributed by atoms with Gasteiger partial charge in [0.15, 0.2) is 0 Å². The monoisotopic (exact) mass is 408 g/mol. The molecule has 0 bridgehead atoms. The van der Waals surface area contributed by atoms with Gasteiger partial charge in [-0.15, -0.1) is 0 Å². The van der Waals surface area contributed by atoms with Crippen molar-refractivity contribution in [3.05, 3.63) is 34.9 Å². The summed E-state index contributed by atoms with van der Waals surface area (Å²) < 4.78 is 10.8. The molecule has 7 heteroatoms. The van der Waals surface area contributed by atoms with E-state index in [1.165, 1.54) is 0 Å². The van der Waals surface area contributed by atoms with Gasteiger partial charge in [-0.1, -0.05) is 23.7 Å². The lowest BCUT2D eigenvalue weighted by molar-refractivity contribution is -0.140. The SMILES string of the molecule is CC(C)(C)OC(=O)N[C@H]1CC(C(=O)N2CCOCC2)[C@H](c2ccc(Cl)cc2)C1. The van der Waals surface area contributed by atoms with Crippen LogP contribution in [0.4, 0.5) is 4.79 Å². The quantitative estimate of drug-likeness (QED) is 0.829.